The summed E-state index contributed by atoms with van der Waals surface area (Å²) >= 11 is 1.40. The van der Waals surface area contributed by atoms with Crippen molar-refractivity contribution in [3.05, 3.63) is 99.6 Å². The Bertz CT molecular complexity index is 2040. The molecule has 6 heterocycles. The molecule has 2 amide bonds. The molecule has 5 aromatic rings. The number of aryl methyl sites for hydroxylation is 3. The molecule has 0 aliphatic carbocycles. The highest BCUT2D eigenvalue weighted by atomic mass is 32.1. The molecule has 48 heavy (non-hydrogen) atoms. The van der Waals surface area contributed by atoms with Gasteiger partial charge in [0.05, 0.1) is 28.1 Å². The summed E-state index contributed by atoms with van der Waals surface area (Å²) in [6.45, 7) is 5.64. The lowest BCUT2D eigenvalue weighted by Crippen LogP contribution is -2.53. The molecule has 2 atom stereocenters. The van der Waals surface area contributed by atoms with Gasteiger partial charge in [-0.2, -0.15) is 0 Å². The standard InChI is InChI=1S/C36H39N7O4S/c1-23-19-26(9-14-37-23)30-24(2)39-32(48-30)35(46)42-16-11-27(29(20-42)25-7-5-4-6-8-25)33(44)41-17-12-36(47,13-18-41)21-43-22-38-31-28(34(43)45)10-15-40(31)3/h4-10,14-15,19,22,27,29,47H,11-13,16-18,20-21H2,1-3H3/t27-,29+/m1/s1. The summed E-state index contributed by atoms with van der Waals surface area (Å²) in [7, 11) is 1.84. The normalized spacial score (nSPS) is 19.5. The zero-order valence-corrected chi connectivity index (χ0v) is 28.2. The van der Waals surface area contributed by atoms with Gasteiger partial charge in [-0.3, -0.25) is 23.9 Å². The lowest BCUT2D eigenvalue weighted by atomic mass is 9.79. The Morgan fingerprint density at radius 1 is 1.02 bits per heavy atom. The molecule has 0 radical (unpaired) electrons. The molecule has 11 nitrogen and oxygen atoms in total. The first kappa shape index (κ1) is 31.9. The van der Waals surface area contributed by atoms with Crippen molar-refractivity contribution in [3.8, 4) is 10.4 Å². The lowest BCUT2D eigenvalue weighted by Gasteiger charge is -2.43. The predicted octanol–water partition coefficient (Wildman–Crippen LogP) is 4.17. The van der Waals surface area contributed by atoms with Crippen LogP contribution in [0.15, 0.2) is 72.0 Å². The summed E-state index contributed by atoms with van der Waals surface area (Å²) in [6.07, 6.45) is 6.30. The van der Waals surface area contributed by atoms with Crippen molar-refractivity contribution < 1.29 is 14.7 Å². The molecule has 0 saturated carbocycles. The van der Waals surface area contributed by atoms with E-state index in [4.69, 9.17) is 0 Å². The number of piperidine rings is 2. The van der Waals surface area contributed by atoms with E-state index in [9.17, 15) is 19.5 Å². The highest BCUT2D eigenvalue weighted by molar-refractivity contribution is 7.17. The third-order valence-corrected chi connectivity index (χ3v) is 11.1. The zero-order valence-electron chi connectivity index (χ0n) is 27.4. The molecule has 2 aliphatic heterocycles. The van der Waals surface area contributed by atoms with Gasteiger partial charge in [-0.1, -0.05) is 30.3 Å². The fraction of sp³-hybridized carbons (Fsp3) is 0.389. The largest absolute Gasteiger partial charge is 0.388 e. The maximum Gasteiger partial charge on any atom is 0.282 e. The molecule has 2 aliphatic rings. The predicted molar refractivity (Wildman–Crippen MR) is 184 cm³/mol. The number of rotatable bonds is 6. The number of benzene rings is 1. The van der Waals surface area contributed by atoms with Crippen LogP contribution >= 0.6 is 11.3 Å². The number of aromatic nitrogens is 5. The first-order valence-corrected chi connectivity index (χ1v) is 17.2. The smallest absolute Gasteiger partial charge is 0.282 e. The third-order valence-electron chi connectivity index (χ3n) is 9.90. The number of fused-ring (bicyclic) bond motifs is 1. The van der Waals surface area contributed by atoms with Gasteiger partial charge in [0, 0.05) is 63.2 Å². The number of likely N-dealkylation sites (tertiary alicyclic amines) is 2. The topological polar surface area (TPSA) is 126 Å². The number of aliphatic hydroxyl groups is 1. The van der Waals surface area contributed by atoms with Gasteiger partial charge in [0.15, 0.2) is 5.01 Å². The van der Waals surface area contributed by atoms with Crippen LogP contribution in [0.3, 0.4) is 0 Å². The lowest BCUT2D eigenvalue weighted by molar-refractivity contribution is -0.142. The van der Waals surface area contributed by atoms with Crippen molar-refractivity contribution in [2.24, 2.45) is 13.0 Å². The fourth-order valence-corrected chi connectivity index (χ4v) is 8.22. The Balaban J connectivity index is 1.05. The molecule has 12 heteroatoms. The molecule has 4 aromatic heterocycles. The van der Waals surface area contributed by atoms with Gasteiger partial charge in [0.1, 0.15) is 12.0 Å². The summed E-state index contributed by atoms with van der Waals surface area (Å²) in [6, 6.07) is 15.6. The first-order valence-electron chi connectivity index (χ1n) is 16.4. The first-order chi connectivity index (χ1) is 23.1. The summed E-state index contributed by atoms with van der Waals surface area (Å²) in [5, 5.41) is 12.5. The molecule has 248 valence electrons. The van der Waals surface area contributed by atoms with E-state index in [2.05, 4.69) is 15.0 Å². The maximum atomic E-state index is 14.1. The van der Waals surface area contributed by atoms with E-state index in [-0.39, 0.29) is 35.8 Å². The van der Waals surface area contributed by atoms with Gasteiger partial charge in [-0.05, 0) is 62.4 Å². The number of hydrogen-bond donors (Lipinski definition) is 1. The second-order valence-corrected chi connectivity index (χ2v) is 14.2. The Morgan fingerprint density at radius 2 is 1.79 bits per heavy atom. The van der Waals surface area contributed by atoms with Crippen molar-refractivity contribution in [1.82, 2.24) is 33.9 Å². The van der Waals surface area contributed by atoms with Crippen molar-refractivity contribution in [2.45, 2.75) is 51.2 Å². The number of thiazole rings is 1. The van der Waals surface area contributed by atoms with E-state index in [1.54, 1.807) is 23.0 Å². The van der Waals surface area contributed by atoms with Crippen LogP contribution in [0.1, 0.15) is 51.9 Å². The van der Waals surface area contributed by atoms with Gasteiger partial charge in [-0.15, -0.1) is 11.3 Å². The number of hydrogen-bond acceptors (Lipinski definition) is 8. The second kappa shape index (κ2) is 12.7. The fourth-order valence-electron chi connectivity index (χ4n) is 7.19. The van der Waals surface area contributed by atoms with Crippen LogP contribution in [0.2, 0.25) is 0 Å². The van der Waals surface area contributed by atoms with Gasteiger partial charge in [0.2, 0.25) is 5.91 Å². The van der Waals surface area contributed by atoms with Crippen LogP contribution in [0.25, 0.3) is 21.5 Å². The molecule has 0 unspecified atom stereocenters. The van der Waals surface area contributed by atoms with Crippen molar-refractivity contribution in [1.29, 1.82) is 0 Å². The van der Waals surface area contributed by atoms with Gasteiger partial charge < -0.3 is 19.5 Å². The molecule has 2 fully saturated rings. The maximum absolute atomic E-state index is 14.1. The minimum atomic E-state index is -1.13. The average Bonchev–Trinajstić information content (AvgIpc) is 3.68. The van der Waals surface area contributed by atoms with E-state index in [1.165, 1.54) is 22.2 Å². The molecule has 1 N–H and O–H groups in total. The highest BCUT2D eigenvalue weighted by Gasteiger charge is 2.42. The molecule has 2 saturated heterocycles. The van der Waals surface area contributed by atoms with E-state index in [1.807, 2.05) is 73.2 Å². The molecular formula is C36H39N7O4S. The van der Waals surface area contributed by atoms with E-state index < -0.39 is 5.60 Å². The third kappa shape index (κ3) is 6.06. The van der Waals surface area contributed by atoms with Crippen molar-refractivity contribution >= 4 is 34.2 Å². The van der Waals surface area contributed by atoms with Crippen LogP contribution < -0.4 is 5.56 Å². The molecule has 7 rings (SSSR count). The molecular weight excluding hydrogens is 627 g/mol. The number of amides is 2. The quantitative estimate of drug-likeness (QED) is 0.289. The van der Waals surface area contributed by atoms with Crippen molar-refractivity contribution in [2.75, 3.05) is 26.2 Å². The summed E-state index contributed by atoms with van der Waals surface area (Å²) in [5.41, 5.74) is 3.03. The average molecular weight is 666 g/mol. The Morgan fingerprint density at radius 3 is 2.54 bits per heavy atom. The molecule has 1 aromatic carbocycles. The summed E-state index contributed by atoms with van der Waals surface area (Å²) < 4.78 is 3.27. The van der Waals surface area contributed by atoms with Crippen molar-refractivity contribution in [3.63, 3.8) is 0 Å². The van der Waals surface area contributed by atoms with E-state index >= 15 is 0 Å². The number of carbonyl (C=O) groups is 2. The molecule has 0 bridgehead atoms. The van der Waals surface area contributed by atoms with Crippen LogP contribution in [0.5, 0.6) is 0 Å². The van der Waals surface area contributed by atoms with E-state index in [0.717, 1.165) is 27.4 Å². The van der Waals surface area contributed by atoms with Crippen LogP contribution in [-0.4, -0.2) is 82.6 Å². The minimum Gasteiger partial charge on any atom is -0.388 e. The monoisotopic (exact) mass is 665 g/mol. The number of nitrogens with zero attached hydrogens (tertiary/aromatic N) is 7. The number of carbonyl (C=O) groups excluding carboxylic acids is 2. The van der Waals surface area contributed by atoms with Crippen LogP contribution in [0, 0.1) is 19.8 Å². The van der Waals surface area contributed by atoms with E-state index in [0.29, 0.717) is 61.5 Å². The summed E-state index contributed by atoms with van der Waals surface area (Å²) in [5.74, 6) is -0.553. The van der Waals surface area contributed by atoms with Gasteiger partial charge >= 0.3 is 0 Å². The molecule has 0 spiro atoms. The Labute approximate surface area is 282 Å². The zero-order chi connectivity index (χ0) is 33.6. The number of pyridine rings is 1. The van der Waals surface area contributed by atoms with Crippen LogP contribution in [0.4, 0.5) is 0 Å². The van der Waals surface area contributed by atoms with Crippen LogP contribution in [-0.2, 0) is 18.4 Å². The van der Waals surface area contributed by atoms with Gasteiger partial charge in [-0.25, -0.2) is 9.97 Å². The summed E-state index contributed by atoms with van der Waals surface area (Å²) in [4.78, 5) is 59.1. The minimum absolute atomic E-state index is 0.0444. The SMILES string of the molecule is Cc1cc(-c2sc(C(=O)N3CC[C@@H](C(=O)N4CCC(O)(Cn5cnc6c(ccn6C)c5=O)CC4)[C@H](c4ccccc4)C3)nc2C)ccn1. The van der Waals surface area contributed by atoms with Gasteiger partial charge in [0.25, 0.3) is 11.5 Å². The highest BCUT2D eigenvalue weighted by Crippen LogP contribution is 2.37. The second-order valence-electron chi connectivity index (χ2n) is 13.2. The Hall–Kier alpha value is -4.68. The Kier molecular flexibility index (Phi) is 8.46.